The summed E-state index contributed by atoms with van der Waals surface area (Å²) < 4.78 is 39.9. The summed E-state index contributed by atoms with van der Waals surface area (Å²) in [5.41, 5.74) is 0.990. The fraction of sp³-hybridized carbons (Fsp3) is 0.381. The van der Waals surface area contributed by atoms with Crippen molar-refractivity contribution in [2.24, 2.45) is 0 Å². The molecule has 8 heteroatoms. The van der Waals surface area contributed by atoms with Crippen LogP contribution in [0.5, 0.6) is 5.75 Å². The fourth-order valence-corrected chi connectivity index (χ4v) is 3.31. The molecule has 0 atom stereocenters. The third kappa shape index (κ3) is 6.76. The van der Waals surface area contributed by atoms with Gasteiger partial charge in [-0.25, -0.2) is 4.79 Å². The summed E-state index contributed by atoms with van der Waals surface area (Å²) in [6, 6.07) is 13.2. The van der Waals surface area contributed by atoms with E-state index in [-0.39, 0.29) is 11.5 Å². The molecule has 2 aromatic rings. The molecule has 0 aliphatic heterocycles. The van der Waals surface area contributed by atoms with Crippen molar-refractivity contribution in [3.8, 4) is 5.75 Å². The Morgan fingerprint density at radius 1 is 1.00 bits per heavy atom. The Morgan fingerprint density at radius 2 is 1.59 bits per heavy atom. The summed E-state index contributed by atoms with van der Waals surface area (Å²) in [5.74, 6) is 0.570. The van der Waals surface area contributed by atoms with Gasteiger partial charge in [-0.15, -0.1) is 0 Å². The van der Waals surface area contributed by atoms with Crippen molar-refractivity contribution in [3.63, 3.8) is 0 Å². The van der Waals surface area contributed by atoms with Gasteiger partial charge in [0.25, 0.3) is 10.1 Å². The van der Waals surface area contributed by atoms with E-state index in [4.69, 9.17) is 13.7 Å². The van der Waals surface area contributed by atoms with E-state index in [9.17, 15) is 13.2 Å². The number of carbonyl (C=O) groups excluding carboxylic acids is 1. The second kappa shape index (κ2) is 9.28. The van der Waals surface area contributed by atoms with Gasteiger partial charge < -0.3 is 9.47 Å². The van der Waals surface area contributed by atoms with Crippen molar-refractivity contribution in [3.05, 3.63) is 54.1 Å². The maximum atomic E-state index is 12.2. The van der Waals surface area contributed by atoms with Crippen molar-refractivity contribution in [1.29, 1.82) is 0 Å². The van der Waals surface area contributed by atoms with Crippen LogP contribution in [0.15, 0.2) is 53.4 Å². The summed E-state index contributed by atoms with van der Waals surface area (Å²) in [6.45, 7) is 5.43. The second-order valence-corrected chi connectivity index (χ2v) is 9.02. The first-order chi connectivity index (χ1) is 13.5. The molecule has 0 aliphatic rings. The lowest BCUT2D eigenvalue weighted by atomic mass is 10.1. The van der Waals surface area contributed by atoms with E-state index in [1.165, 1.54) is 24.1 Å². The van der Waals surface area contributed by atoms with Gasteiger partial charge in [0, 0.05) is 12.7 Å². The standard InChI is InChI=1S/C21H27NO6S/c1-21(2,3)28-20(23)22(4)17-8-6-16(7-9-17)14-15-27-29(24,25)19-12-10-18(26-5)11-13-19/h6-13H,14-15H2,1-5H3. The number of ether oxygens (including phenoxy) is 2. The molecule has 0 radical (unpaired) electrons. The van der Waals surface area contributed by atoms with Crippen molar-refractivity contribution < 1.29 is 26.9 Å². The molecule has 0 bridgehead atoms. The number of nitrogens with zero attached hydrogens (tertiary/aromatic N) is 1. The highest BCUT2D eigenvalue weighted by molar-refractivity contribution is 7.86. The smallest absolute Gasteiger partial charge is 0.414 e. The Balaban J connectivity index is 1.92. The Labute approximate surface area is 172 Å². The molecular formula is C21H27NO6S. The van der Waals surface area contributed by atoms with Crippen LogP contribution in [0.3, 0.4) is 0 Å². The van der Waals surface area contributed by atoms with E-state index < -0.39 is 21.8 Å². The summed E-state index contributed by atoms with van der Waals surface area (Å²) >= 11 is 0. The molecule has 0 fully saturated rings. The normalized spacial score (nSPS) is 11.8. The molecule has 1 amide bonds. The maximum Gasteiger partial charge on any atom is 0.414 e. The maximum absolute atomic E-state index is 12.2. The van der Waals surface area contributed by atoms with Crippen LogP contribution in [0.4, 0.5) is 10.5 Å². The number of methoxy groups -OCH3 is 1. The molecule has 0 spiro atoms. The number of hydrogen-bond acceptors (Lipinski definition) is 6. The molecule has 2 aromatic carbocycles. The number of rotatable bonds is 7. The number of hydrogen-bond donors (Lipinski definition) is 0. The number of anilines is 1. The molecule has 7 nitrogen and oxygen atoms in total. The number of benzene rings is 2. The quantitative estimate of drug-likeness (QED) is 0.628. The summed E-state index contributed by atoms with van der Waals surface area (Å²) in [4.78, 5) is 13.6. The second-order valence-electron chi connectivity index (χ2n) is 7.41. The Kier molecular flexibility index (Phi) is 7.26. The SMILES string of the molecule is COc1ccc(S(=O)(=O)OCCc2ccc(N(C)C(=O)OC(C)(C)C)cc2)cc1. The Morgan fingerprint density at radius 3 is 2.10 bits per heavy atom. The molecule has 0 heterocycles. The van der Waals surface area contributed by atoms with Crippen LogP contribution in [-0.2, 0) is 25.5 Å². The van der Waals surface area contributed by atoms with Crippen molar-refractivity contribution in [1.82, 2.24) is 0 Å². The highest BCUT2D eigenvalue weighted by atomic mass is 32.2. The lowest BCUT2D eigenvalue weighted by Crippen LogP contribution is -2.34. The Hall–Kier alpha value is -2.58. The topological polar surface area (TPSA) is 82.1 Å². The average molecular weight is 422 g/mol. The molecule has 2 rings (SSSR count). The highest BCUT2D eigenvalue weighted by Crippen LogP contribution is 2.19. The third-order valence-electron chi connectivity index (χ3n) is 3.97. The van der Waals surface area contributed by atoms with Crippen molar-refractivity contribution in [2.45, 2.75) is 37.7 Å². The van der Waals surface area contributed by atoms with Crippen LogP contribution < -0.4 is 9.64 Å². The monoisotopic (exact) mass is 421 g/mol. The van der Waals surface area contributed by atoms with Gasteiger partial charge in [-0.2, -0.15) is 8.42 Å². The van der Waals surface area contributed by atoms with Gasteiger partial charge in [0.15, 0.2) is 0 Å². The molecule has 29 heavy (non-hydrogen) atoms. The predicted molar refractivity (Wildman–Crippen MR) is 111 cm³/mol. The van der Waals surface area contributed by atoms with Gasteiger partial charge in [-0.05, 0) is 69.2 Å². The Bertz CT molecular complexity index is 915. The van der Waals surface area contributed by atoms with Crippen LogP contribution in [-0.4, -0.2) is 40.9 Å². The molecule has 158 valence electrons. The zero-order chi connectivity index (χ0) is 21.7. The lowest BCUT2D eigenvalue weighted by molar-refractivity contribution is 0.0589. The van der Waals surface area contributed by atoms with Gasteiger partial charge in [0.2, 0.25) is 0 Å². The first-order valence-corrected chi connectivity index (χ1v) is 10.5. The first-order valence-electron chi connectivity index (χ1n) is 9.11. The molecule has 0 saturated heterocycles. The summed E-state index contributed by atoms with van der Waals surface area (Å²) in [6.07, 6.45) is -0.0367. The van der Waals surface area contributed by atoms with E-state index in [1.807, 2.05) is 32.9 Å². The fourth-order valence-electron chi connectivity index (χ4n) is 2.40. The minimum Gasteiger partial charge on any atom is -0.497 e. The van der Waals surface area contributed by atoms with Crippen LogP contribution in [0, 0.1) is 0 Å². The minimum absolute atomic E-state index is 0.00954. The molecule has 0 saturated carbocycles. The first kappa shape index (κ1) is 22.7. The number of carbonyl (C=O) groups is 1. The van der Waals surface area contributed by atoms with Gasteiger partial charge in [0.05, 0.1) is 18.6 Å². The molecular weight excluding hydrogens is 394 g/mol. The van der Waals surface area contributed by atoms with Crippen LogP contribution in [0.1, 0.15) is 26.3 Å². The zero-order valence-electron chi connectivity index (χ0n) is 17.3. The van der Waals surface area contributed by atoms with Crippen molar-refractivity contribution in [2.75, 3.05) is 25.7 Å². The molecule has 0 N–H and O–H groups in total. The van der Waals surface area contributed by atoms with E-state index in [0.29, 0.717) is 17.9 Å². The van der Waals surface area contributed by atoms with E-state index >= 15 is 0 Å². The van der Waals surface area contributed by atoms with E-state index in [2.05, 4.69) is 0 Å². The van der Waals surface area contributed by atoms with Crippen LogP contribution >= 0.6 is 0 Å². The molecule has 0 aromatic heterocycles. The average Bonchev–Trinajstić information content (AvgIpc) is 2.66. The van der Waals surface area contributed by atoms with Gasteiger partial charge in [-0.3, -0.25) is 9.08 Å². The highest BCUT2D eigenvalue weighted by Gasteiger charge is 2.20. The minimum atomic E-state index is -3.83. The molecule has 0 unspecified atom stereocenters. The summed E-state index contributed by atoms with van der Waals surface area (Å²) in [7, 11) is -0.688. The predicted octanol–water partition coefficient (Wildman–Crippen LogP) is 4.01. The zero-order valence-corrected chi connectivity index (χ0v) is 18.2. The van der Waals surface area contributed by atoms with Gasteiger partial charge >= 0.3 is 6.09 Å². The van der Waals surface area contributed by atoms with E-state index in [0.717, 1.165) is 5.56 Å². The van der Waals surface area contributed by atoms with Gasteiger partial charge in [-0.1, -0.05) is 12.1 Å². The molecule has 0 aliphatic carbocycles. The van der Waals surface area contributed by atoms with Crippen LogP contribution in [0.25, 0.3) is 0 Å². The third-order valence-corrected chi connectivity index (χ3v) is 5.29. The number of amides is 1. The lowest BCUT2D eigenvalue weighted by Gasteiger charge is -2.24. The largest absolute Gasteiger partial charge is 0.497 e. The van der Waals surface area contributed by atoms with Crippen molar-refractivity contribution >= 4 is 21.9 Å². The van der Waals surface area contributed by atoms with E-state index in [1.54, 1.807) is 31.3 Å². The van der Waals surface area contributed by atoms with Gasteiger partial charge in [0.1, 0.15) is 11.4 Å². The summed E-state index contributed by atoms with van der Waals surface area (Å²) in [5, 5.41) is 0. The van der Waals surface area contributed by atoms with Crippen LogP contribution in [0.2, 0.25) is 0 Å².